The molecule has 6 heteroatoms. The number of aliphatic hydroxyl groups excluding tert-OH is 1. The Balaban J connectivity index is 2.23. The van der Waals surface area contributed by atoms with Gasteiger partial charge in [0.1, 0.15) is 5.82 Å². The Hall–Kier alpha value is -1.04. The van der Waals surface area contributed by atoms with Crippen molar-refractivity contribution in [2.75, 3.05) is 0 Å². The molecular formula is C13H14ClFN2OS. The molecule has 1 unspecified atom stereocenters. The Bertz CT molecular complexity index is 574. The summed E-state index contributed by atoms with van der Waals surface area (Å²) >= 11 is 7.17. The number of halogens is 2. The van der Waals surface area contributed by atoms with E-state index >= 15 is 0 Å². The number of hydrogen-bond donors (Lipinski definition) is 1. The summed E-state index contributed by atoms with van der Waals surface area (Å²) in [6.45, 7) is 3.98. The maximum absolute atomic E-state index is 13.2. The Morgan fingerprint density at radius 2 is 2.16 bits per heavy atom. The van der Waals surface area contributed by atoms with Gasteiger partial charge in [-0.15, -0.1) is 5.10 Å². The highest BCUT2D eigenvalue weighted by molar-refractivity contribution is 7.05. The fourth-order valence-corrected chi connectivity index (χ4v) is 2.82. The summed E-state index contributed by atoms with van der Waals surface area (Å²) in [4.78, 5) is 0.718. The number of aromatic nitrogens is 2. The number of benzene rings is 1. The fourth-order valence-electron chi connectivity index (χ4n) is 1.84. The van der Waals surface area contributed by atoms with Gasteiger partial charge < -0.3 is 5.11 Å². The Morgan fingerprint density at radius 3 is 2.84 bits per heavy atom. The van der Waals surface area contributed by atoms with Gasteiger partial charge in [0, 0.05) is 11.4 Å². The third-order valence-electron chi connectivity index (χ3n) is 2.81. The first-order valence-corrected chi connectivity index (χ1v) is 7.08. The second-order valence-electron chi connectivity index (χ2n) is 4.63. The van der Waals surface area contributed by atoms with Crippen LogP contribution in [-0.4, -0.2) is 14.7 Å². The summed E-state index contributed by atoms with van der Waals surface area (Å²) in [5.74, 6) is -0.176. The highest BCUT2D eigenvalue weighted by Gasteiger charge is 2.20. The van der Waals surface area contributed by atoms with Gasteiger partial charge in [-0.1, -0.05) is 29.9 Å². The van der Waals surface area contributed by atoms with Crippen molar-refractivity contribution in [3.8, 4) is 0 Å². The number of hydrogen-bond acceptors (Lipinski definition) is 4. The summed E-state index contributed by atoms with van der Waals surface area (Å²) in [5, 5.41) is 14.7. The lowest BCUT2D eigenvalue weighted by atomic mass is 10.0. The molecule has 1 aromatic carbocycles. The lowest BCUT2D eigenvalue weighted by Gasteiger charge is -2.12. The summed E-state index contributed by atoms with van der Waals surface area (Å²) in [6, 6.07) is 4.13. The fraction of sp³-hybridized carbons (Fsp3) is 0.385. The molecule has 0 fully saturated rings. The van der Waals surface area contributed by atoms with Crippen LogP contribution in [0.3, 0.4) is 0 Å². The van der Waals surface area contributed by atoms with Gasteiger partial charge in [-0.05, 0) is 41.2 Å². The minimum absolute atomic E-state index is 0.186. The van der Waals surface area contributed by atoms with E-state index in [2.05, 4.69) is 9.59 Å². The van der Waals surface area contributed by atoms with Crippen LogP contribution in [0.4, 0.5) is 4.39 Å². The predicted molar refractivity (Wildman–Crippen MR) is 74.1 cm³/mol. The van der Waals surface area contributed by atoms with Crippen molar-refractivity contribution in [1.29, 1.82) is 0 Å². The molecule has 0 spiro atoms. The van der Waals surface area contributed by atoms with E-state index < -0.39 is 6.10 Å². The molecule has 2 aromatic rings. The smallest absolute Gasteiger partial charge is 0.123 e. The summed E-state index contributed by atoms with van der Waals surface area (Å²) in [6.07, 6.45) is -0.517. The molecule has 0 amide bonds. The zero-order valence-corrected chi connectivity index (χ0v) is 12.2. The monoisotopic (exact) mass is 300 g/mol. The van der Waals surface area contributed by atoms with E-state index in [0.29, 0.717) is 10.6 Å². The first-order valence-electron chi connectivity index (χ1n) is 5.93. The third-order valence-corrected chi connectivity index (χ3v) is 4.02. The maximum Gasteiger partial charge on any atom is 0.123 e. The Labute approximate surface area is 120 Å². The van der Waals surface area contributed by atoms with Gasteiger partial charge in [0.15, 0.2) is 0 Å². The Morgan fingerprint density at radius 1 is 1.42 bits per heavy atom. The Kier molecular flexibility index (Phi) is 4.50. The van der Waals surface area contributed by atoms with Crippen LogP contribution in [-0.2, 0) is 6.42 Å². The van der Waals surface area contributed by atoms with Crippen LogP contribution < -0.4 is 0 Å². The second-order valence-corrected chi connectivity index (χ2v) is 5.83. The number of rotatable bonds is 4. The minimum Gasteiger partial charge on any atom is -0.387 e. The van der Waals surface area contributed by atoms with Gasteiger partial charge >= 0.3 is 0 Å². The van der Waals surface area contributed by atoms with E-state index in [1.54, 1.807) is 0 Å². The van der Waals surface area contributed by atoms with E-state index in [0.717, 1.165) is 10.6 Å². The topological polar surface area (TPSA) is 46.0 Å². The molecule has 1 atom stereocenters. The van der Waals surface area contributed by atoms with Crippen molar-refractivity contribution in [3.05, 3.63) is 45.2 Å². The van der Waals surface area contributed by atoms with Crippen LogP contribution in [0.2, 0.25) is 5.02 Å². The van der Waals surface area contributed by atoms with E-state index in [1.165, 1.54) is 29.7 Å². The van der Waals surface area contributed by atoms with Gasteiger partial charge in [0.05, 0.1) is 16.7 Å². The number of nitrogens with zero attached hydrogens (tertiary/aromatic N) is 2. The molecule has 3 nitrogen and oxygen atoms in total. The molecule has 102 valence electrons. The third kappa shape index (κ3) is 3.29. The molecule has 1 N–H and O–H groups in total. The first kappa shape index (κ1) is 14.4. The molecule has 0 aliphatic rings. The summed E-state index contributed by atoms with van der Waals surface area (Å²) < 4.78 is 17.1. The van der Waals surface area contributed by atoms with Gasteiger partial charge in [0.2, 0.25) is 0 Å². The molecular weight excluding hydrogens is 287 g/mol. The minimum atomic E-state index is -0.767. The first-order chi connectivity index (χ1) is 8.99. The van der Waals surface area contributed by atoms with Crippen molar-refractivity contribution in [2.24, 2.45) is 0 Å². The maximum atomic E-state index is 13.2. The van der Waals surface area contributed by atoms with Gasteiger partial charge in [0.25, 0.3) is 0 Å². The van der Waals surface area contributed by atoms with Gasteiger partial charge in [-0.3, -0.25) is 0 Å². The average molecular weight is 301 g/mol. The van der Waals surface area contributed by atoms with E-state index in [1.807, 2.05) is 13.8 Å². The number of aliphatic hydroxyl groups is 1. The van der Waals surface area contributed by atoms with Crippen LogP contribution in [0.25, 0.3) is 0 Å². The van der Waals surface area contributed by atoms with Crippen LogP contribution in [0.15, 0.2) is 18.2 Å². The molecule has 1 heterocycles. The summed E-state index contributed by atoms with van der Waals surface area (Å²) in [5.41, 5.74) is 1.36. The van der Waals surface area contributed by atoms with Crippen LogP contribution in [0.5, 0.6) is 0 Å². The normalized spacial score (nSPS) is 12.9. The van der Waals surface area contributed by atoms with E-state index in [4.69, 9.17) is 11.6 Å². The van der Waals surface area contributed by atoms with E-state index in [-0.39, 0.29) is 18.2 Å². The van der Waals surface area contributed by atoms with Crippen molar-refractivity contribution in [1.82, 2.24) is 9.59 Å². The molecule has 2 rings (SSSR count). The molecule has 1 aromatic heterocycles. The van der Waals surface area contributed by atoms with Crippen molar-refractivity contribution in [3.63, 3.8) is 0 Å². The lowest BCUT2D eigenvalue weighted by Crippen LogP contribution is -2.05. The van der Waals surface area contributed by atoms with Crippen LogP contribution >= 0.6 is 23.1 Å². The van der Waals surface area contributed by atoms with Crippen molar-refractivity contribution in [2.45, 2.75) is 32.3 Å². The van der Waals surface area contributed by atoms with Crippen molar-refractivity contribution < 1.29 is 9.50 Å². The lowest BCUT2D eigenvalue weighted by molar-refractivity contribution is 0.180. The van der Waals surface area contributed by atoms with E-state index in [9.17, 15) is 9.50 Å². The van der Waals surface area contributed by atoms with Gasteiger partial charge in [-0.2, -0.15) is 0 Å². The molecule has 0 radical (unpaired) electrons. The SMILES string of the molecule is CC(C)c1nnsc1C(O)Cc1cc(F)ccc1Cl. The largest absolute Gasteiger partial charge is 0.387 e. The average Bonchev–Trinajstić information content (AvgIpc) is 2.83. The highest BCUT2D eigenvalue weighted by atomic mass is 35.5. The highest BCUT2D eigenvalue weighted by Crippen LogP contribution is 2.30. The zero-order valence-electron chi connectivity index (χ0n) is 10.6. The quantitative estimate of drug-likeness (QED) is 0.936. The molecule has 0 saturated carbocycles. The van der Waals surface area contributed by atoms with Crippen molar-refractivity contribution >= 4 is 23.1 Å². The van der Waals surface area contributed by atoms with Gasteiger partial charge in [-0.25, -0.2) is 4.39 Å². The summed E-state index contributed by atoms with van der Waals surface area (Å²) in [7, 11) is 0. The van der Waals surface area contributed by atoms with Crippen LogP contribution in [0, 0.1) is 5.82 Å². The molecule has 0 saturated heterocycles. The second kappa shape index (κ2) is 5.94. The molecule has 0 aliphatic heterocycles. The molecule has 0 bridgehead atoms. The zero-order chi connectivity index (χ0) is 14.0. The molecule has 19 heavy (non-hydrogen) atoms. The van der Waals surface area contributed by atoms with Crippen LogP contribution in [0.1, 0.15) is 42.0 Å². The molecule has 0 aliphatic carbocycles. The predicted octanol–water partition coefficient (Wildman–Crippen LogP) is 3.73. The standard InChI is InChI=1S/C13H14ClFN2OS/c1-7(2)12-13(19-17-16-12)11(18)6-8-5-9(15)3-4-10(8)14/h3-5,7,11,18H,6H2,1-2H3.